The number of aryl methyl sites for hydroxylation is 2. The zero-order chi connectivity index (χ0) is 15.7. The highest BCUT2D eigenvalue weighted by Gasteiger charge is 2.03. The van der Waals surface area contributed by atoms with Crippen LogP contribution < -0.4 is 4.74 Å². The van der Waals surface area contributed by atoms with Crippen LogP contribution in [0.5, 0.6) is 5.75 Å². The Morgan fingerprint density at radius 1 is 1.05 bits per heavy atom. The zero-order valence-corrected chi connectivity index (χ0v) is 13.3. The average molecular weight is 284 g/mol. The van der Waals surface area contributed by atoms with Crippen LogP contribution in [0.15, 0.2) is 42.5 Å². The monoisotopic (exact) mass is 284 g/mol. The molecule has 0 aromatic heterocycles. The summed E-state index contributed by atoms with van der Waals surface area (Å²) < 4.78 is 5.29. The van der Waals surface area contributed by atoms with E-state index in [1.807, 2.05) is 26.0 Å². The van der Waals surface area contributed by atoms with Crippen molar-refractivity contribution in [1.82, 2.24) is 0 Å². The predicted octanol–water partition coefficient (Wildman–Crippen LogP) is 4.50. The lowest BCUT2D eigenvalue weighted by Gasteiger charge is -2.09. The maximum absolute atomic E-state index is 10.3. The van der Waals surface area contributed by atoms with E-state index in [4.69, 9.17) is 4.74 Å². The van der Waals surface area contributed by atoms with Crippen LogP contribution in [0.3, 0.4) is 0 Å². The summed E-state index contributed by atoms with van der Waals surface area (Å²) in [6, 6.07) is 14.5. The molecule has 0 atom stereocenters. The first kappa shape index (κ1) is 17.0. The Morgan fingerprint density at radius 2 is 1.81 bits per heavy atom. The van der Waals surface area contributed by atoms with Gasteiger partial charge in [0.05, 0.1) is 0 Å². The number of aldehydes is 1. The smallest absolute Gasteiger partial charge is 0.157 e. The molecule has 2 aromatic rings. The summed E-state index contributed by atoms with van der Waals surface area (Å²) in [6.07, 6.45) is 1.68. The molecule has 0 saturated heterocycles. The molecule has 112 valence electrons. The number of hydrogen-bond acceptors (Lipinski definition) is 2. The van der Waals surface area contributed by atoms with E-state index in [9.17, 15) is 4.79 Å². The fraction of sp³-hybridized carbons (Fsp3) is 0.316. The van der Waals surface area contributed by atoms with Gasteiger partial charge in [0.1, 0.15) is 12.4 Å². The van der Waals surface area contributed by atoms with Crippen LogP contribution in [0.1, 0.15) is 36.1 Å². The van der Waals surface area contributed by atoms with Crippen molar-refractivity contribution in [2.75, 3.05) is 6.61 Å². The number of carbonyl (C=O) groups excluding carboxylic acids is 1. The van der Waals surface area contributed by atoms with E-state index in [1.54, 1.807) is 0 Å². The second kappa shape index (κ2) is 8.96. The summed E-state index contributed by atoms with van der Waals surface area (Å²) in [7, 11) is 0. The fourth-order valence-electron chi connectivity index (χ4n) is 2.13. The van der Waals surface area contributed by atoms with E-state index >= 15 is 0 Å². The van der Waals surface area contributed by atoms with E-state index in [2.05, 4.69) is 44.2 Å². The molecular formula is C19H24O2. The molecule has 0 aliphatic heterocycles. The van der Waals surface area contributed by atoms with Gasteiger partial charge in [0.2, 0.25) is 0 Å². The molecular weight excluding hydrogens is 260 g/mol. The first-order valence-corrected chi connectivity index (χ1v) is 7.40. The Kier molecular flexibility index (Phi) is 7.24. The normalized spacial score (nSPS) is 9.52. The van der Waals surface area contributed by atoms with Crippen molar-refractivity contribution in [3.8, 4) is 5.75 Å². The topological polar surface area (TPSA) is 26.3 Å². The lowest BCUT2D eigenvalue weighted by atomic mass is 9.99. The van der Waals surface area contributed by atoms with Gasteiger partial charge in [-0.3, -0.25) is 4.79 Å². The molecule has 0 aliphatic carbocycles. The van der Waals surface area contributed by atoms with Crippen LogP contribution in [0.4, 0.5) is 0 Å². The molecule has 2 nitrogen and oxygen atoms in total. The van der Waals surface area contributed by atoms with E-state index in [-0.39, 0.29) is 6.61 Å². The predicted molar refractivity (Wildman–Crippen MR) is 88.1 cm³/mol. The van der Waals surface area contributed by atoms with E-state index in [0.717, 1.165) is 18.5 Å². The van der Waals surface area contributed by atoms with Crippen LogP contribution in [0.2, 0.25) is 0 Å². The van der Waals surface area contributed by atoms with Crippen LogP contribution in [-0.2, 0) is 11.2 Å². The van der Waals surface area contributed by atoms with E-state index in [0.29, 0.717) is 0 Å². The van der Waals surface area contributed by atoms with Crippen LogP contribution in [0, 0.1) is 13.8 Å². The maximum atomic E-state index is 10.3. The van der Waals surface area contributed by atoms with Gasteiger partial charge in [-0.2, -0.15) is 0 Å². The van der Waals surface area contributed by atoms with Gasteiger partial charge in [0, 0.05) is 0 Å². The molecule has 2 rings (SSSR count). The van der Waals surface area contributed by atoms with Crippen LogP contribution in [0.25, 0.3) is 0 Å². The van der Waals surface area contributed by atoms with Gasteiger partial charge in [0.15, 0.2) is 6.29 Å². The largest absolute Gasteiger partial charge is 0.486 e. The Labute approximate surface area is 127 Å². The highest BCUT2D eigenvalue weighted by atomic mass is 16.5. The SMILES string of the molecule is CC.Cc1cccc(Cc2ccc(OCC=O)cc2C)c1. The third-order valence-electron chi connectivity index (χ3n) is 3.11. The number of ether oxygens (including phenoxy) is 1. The first-order valence-electron chi connectivity index (χ1n) is 7.40. The molecule has 0 heterocycles. The number of benzene rings is 2. The minimum Gasteiger partial charge on any atom is -0.486 e. The summed E-state index contributed by atoms with van der Waals surface area (Å²) >= 11 is 0. The molecule has 0 bridgehead atoms. The van der Waals surface area contributed by atoms with E-state index < -0.39 is 0 Å². The second-order valence-electron chi connectivity index (χ2n) is 4.73. The maximum Gasteiger partial charge on any atom is 0.157 e. The molecule has 0 saturated carbocycles. The summed E-state index contributed by atoms with van der Waals surface area (Å²) in [6.45, 7) is 8.28. The molecule has 2 heteroatoms. The summed E-state index contributed by atoms with van der Waals surface area (Å²) in [5.74, 6) is 0.748. The number of rotatable bonds is 5. The molecule has 2 aromatic carbocycles. The summed E-state index contributed by atoms with van der Waals surface area (Å²) in [5.41, 5.74) is 5.06. The van der Waals surface area contributed by atoms with Crippen LogP contribution >= 0.6 is 0 Å². The van der Waals surface area contributed by atoms with E-state index in [1.165, 1.54) is 22.3 Å². The quantitative estimate of drug-likeness (QED) is 0.756. The second-order valence-corrected chi connectivity index (χ2v) is 4.73. The van der Waals surface area contributed by atoms with Gasteiger partial charge >= 0.3 is 0 Å². The first-order chi connectivity index (χ1) is 10.2. The van der Waals surface area contributed by atoms with Crippen molar-refractivity contribution in [3.05, 3.63) is 64.7 Å². The lowest BCUT2D eigenvalue weighted by molar-refractivity contribution is -0.109. The highest BCUT2D eigenvalue weighted by Crippen LogP contribution is 2.20. The number of hydrogen-bond donors (Lipinski definition) is 0. The minimum atomic E-state index is 0.108. The zero-order valence-electron chi connectivity index (χ0n) is 13.3. The molecule has 0 spiro atoms. The molecule has 0 fully saturated rings. The molecule has 0 amide bonds. The van der Waals surface area contributed by atoms with Gasteiger partial charge in [-0.05, 0) is 49.1 Å². The average Bonchev–Trinajstić information content (AvgIpc) is 2.50. The van der Waals surface area contributed by atoms with Gasteiger partial charge in [-0.15, -0.1) is 0 Å². The number of carbonyl (C=O) groups is 1. The minimum absolute atomic E-state index is 0.108. The molecule has 21 heavy (non-hydrogen) atoms. The third kappa shape index (κ3) is 5.42. The van der Waals surface area contributed by atoms with Crippen molar-refractivity contribution in [1.29, 1.82) is 0 Å². The van der Waals surface area contributed by atoms with Crippen molar-refractivity contribution in [2.45, 2.75) is 34.1 Å². The Hall–Kier alpha value is -2.09. The summed E-state index contributed by atoms with van der Waals surface area (Å²) in [5, 5.41) is 0. The Bertz CT molecular complexity index is 574. The van der Waals surface area contributed by atoms with Gasteiger partial charge in [0.25, 0.3) is 0 Å². The van der Waals surface area contributed by atoms with Crippen molar-refractivity contribution < 1.29 is 9.53 Å². The Balaban J connectivity index is 0.00000106. The highest BCUT2D eigenvalue weighted by molar-refractivity contribution is 5.51. The lowest BCUT2D eigenvalue weighted by Crippen LogP contribution is -1.99. The fourth-order valence-corrected chi connectivity index (χ4v) is 2.13. The van der Waals surface area contributed by atoms with Crippen molar-refractivity contribution in [3.63, 3.8) is 0 Å². The molecule has 0 N–H and O–H groups in total. The molecule has 0 aliphatic rings. The third-order valence-corrected chi connectivity index (χ3v) is 3.11. The van der Waals surface area contributed by atoms with Gasteiger partial charge in [-0.1, -0.05) is 49.7 Å². The van der Waals surface area contributed by atoms with Crippen molar-refractivity contribution in [2.24, 2.45) is 0 Å². The molecule has 0 unspecified atom stereocenters. The van der Waals surface area contributed by atoms with Gasteiger partial charge in [-0.25, -0.2) is 0 Å². The van der Waals surface area contributed by atoms with Crippen molar-refractivity contribution >= 4 is 6.29 Å². The van der Waals surface area contributed by atoms with Gasteiger partial charge < -0.3 is 4.74 Å². The summed E-state index contributed by atoms with van der Waals surface area (Å²) in [4.78, 5) is 10.3. The van der Waals surface area contributed by atoms with Crippen LogP contribution in [-0.4, -0.2) is 12.9 Å². The standard InChI is InChI=1S/C17H18O2.C2H6/c1-13-4-3-5-15(10-13)12-16-6-7-17(11-14(16)2)19-9-8-18;1-2/h3-8,10-11H,9,12H2,1-2H3;1-2H3. The molecule has 0 radical (unpaired) electrons. The Morgan fingerprint density at radius 3 is 2.43 bits per heavy atom.